The molecule has 2 rings (SSSR count). The third-order valence-corrected chi connectivity index (χ3v) is 3.06. The molecule has 0 amide bonds. The summed E-state index contributed by atoms with van der Waals surface area (Å²) in [6.45, 7) is 2.16. The number of hydrogen-bond acceptors (Lipinski definition) is 3. The number of hydrogen-bond donors (Lipinski definition) is 2. The number of nitrogen functional groups attached to an aromatic ring is 1. The van der Waals surface area contributed by atoms with Gasteiger partial charge in [-0.3, -0.25) is 0 Å². The van der Waals surface area contributed by atoms with Gasteiger partial charge in [0.1, 0.15) is 5.82 Å². The van der Waals surface area contributed by atoms with E-state index in [1.807, 2.05) is 6.20 Å². The molecule has 0 spiro atoms. The lowest BCUT2D eigenvalue weighted by atomic mass is 10.0. The maximum absolute atomic E-state index is 5.61. The van der Waals surface area contributed by atoms with Gasteiger partial charge in [-0.1, -0.05) is 0 Å². The van der Waals surface area contributed by atoms with Crippen molar-refractivity contribution in [1.29, 1.82) is 0 Å². The molecule has 1 aliphatic heterocycles. The van der Waals surface area contributed by atoms with Gasteiger partial charge in [0.15, 0.2) is 0 Å². The zero-order valence-corrected chi connectivity index (χ0v) is 8.84. The summed E-state index contributed by atoms with van der Waals surface area (Å²) in [6.07, 6.45) is 3.07. The molecule has 1 aliphatic rings. The van der Waals surface area contributed by atoms with Crippen molar-refractivity contribution >= 4 is 21.7 Å². The minimum atomic E-state index is 0.565. The molecule has 70 valence electrons. The molecule has 4 heteroatoms. The van der Waals surface area contributed by atoms with E-state index in [-0.39, 0.29) is 0 Å². The van der Waals surface area contributed by atoms with Crippen LogP contribution in [0.2, 0.25) is 0 Å². The van der Waals surface area contributed by atoms with Gasteiger partial charge in [-0.05, 0) is 46.4 Å². The fraction of sp³-hybridized carbons (Fsp3) is 0.444. The molecule has 1 aromatic rings. The fourth-order valence-electron chi connectivity index (χ4n) is 1.63. The topological polar surface area (TPSA) is 50.9 Å². The maximum atomic E-state index is 5.61. The lowest BCUT2D eigenvalue weighted by Gasteiger charge is -2.08. The van der Waals surface area contributed by atoms with E-state index in [1.165, 1.54) is 12.0 Å². The highest BCUT2D eigenvalue weighted by Gasteiger charge is 2.17. The first-order valence-corrected chi connectivity index (χ1v) is 5.18. The smallest absolute Gasteiger partial charge is 0.137 e. The monoisotopic (exact) mass is 241 g/mol. The van der Waals surface area contributed by atoms with Gasteiger partial charge in [-0.2, -0.15) is 0 Å². The van der Waals surface area contributed by atoms with Crippen LogP contribution in [0.15, 0.2) is 16.7 Å². The summed E-state index contributed by atoms with van der Waals surface area (Å²) in [5.74, 6) is 1.17. The number of anilines is 1. The fourth-order valence-corrected chi connectivity index (χ4v) is 1.99. The van der Waals surface area contributed by atoms with Crippen LogP contribution in [0, 0.1) is 0 Å². The number of aromatic nitrogens is 1. The Kier molecular flexibility index (Phi) is 2.51. The lowest BCUT2D eigenvalue weighted by Crippen LogP contribution is -2.08. The highest BCUT2D eigenvalue weighted by Crippen LogP contribution is 2.26. The summed E-state index contributed by atoms with van der Waals surface area (Å²) in [6, 6.07) is 2.07. The molecule has 0 radical (unpaired) electrons. The van der Waals surface area contributed by atoms with Crippen molar-refractivity contribution in [3.8, 4) is 0 Å². The summed E-state index contributed by atoms with van der Waals surface area (Å²) in [4.78, 5) is 4.13. The third-order valence-electron chi connectivity index (χ3n) is 2.42. The molecular weight excluding hydrogens is 230 g/mol. The summed E-state index contributed by atoms with van der Waals surface area (Å²) < 4.78 is 0.900. The van der Waals surface area contributed by atoms with Crippen molar-refractivity contribution in [2.45, 2.75) is 12.3 Å². The van der Waals surface area contributed by atoms with Gasteiger partial charge in [0, 0.05) is 12.7 Å². The summed E-state index contributed by atoms with van der Waals surface area (Å²) in [7, 11) is 0. The maximum Gasteiger partial charge on any atom is 0.137 e. The first kappa shape index (κ1) is 8.97. The third kappa shape index (κ3) is 1.84. The second-order valence-electron chi connectivity index (χ2n) is 3.33. The van der Waals surface area contributed by atoms with Crippen molar-refractivity contribution in [3.05, 3.63) is 22.3 Å². The molecule has 2 heterocycles. The minimum absolute atomic E-state index is 0.565. The minimum Gasteiger partial charge on any atom is -0.383 e. The second kappa shape index (κ2) is 3.64. The Balaban J connectivity index is 2.25. The van der Waals surface area contributed by atoms with Gasteiger partial charge in [-0.15, -0.1) is 0 Å². The predicted molar refractivity (Wildman–Crippen MR) is 56.6 cm³/mol. The summed E-state index contributed by atoms with van der Waals surface area (Å²) in [5.41, 5.74) is 6.88. The Morgan fingerprint density at radius 2 is 2.46 bits per heavy atom. The van der Waals surface area contributed by atoms with Gasteiger partial charge in [0.25, 0.3) is 0 Å². The van der Waals surface area contributed by atoms with Gasteiger partial charge < -0.3 is 11.1 Å². The van der Waals surface area contributed by atoms with E-state index in [1.54, 1.807) is 0 Å². The Morgan fingerprint density at radius 1 is 1.62 bits per heavy atom. The Bertz CT molecular complexity index is 308. The highest BCUT2D eigenvalue weighted by molar-refractivity contribution is 9.10. The van der Waals surface area contributed by atoms with Crippen molar-refractivity contribution in [2.75, 3.05) is 18.8 Å². The van der Waals surface area contributed by atoms with Crippen molar-refractivity contribution in [2.24, 2.45) is 0 Å². The first-order chi connectivity index (χ1) is 6.27. The largest absolute Gasteiger partial charge is 0.383 e. The molecule has 1 atom stereocenters. The van der Waals surface area contributed by atoms with Crippen LogP contribution >= 0.6 is 15.9 Å². The van der Waals surface area contributed by atoms with Crippen molar-refractivity contribution in [3.63, 3.8) is 0 Å². The molecule has 0 unspecified atom stereocenters. The van der Waals surface area contributed by atoms with E-state index >= 15 is 0 Å². The molecule has 3 N–H and O–H groups in total. The average molecular weight is 242 g/mol. The molecule has 1 saturated heterocycles. The zero-order valence-electron chi connectivity index (χ0n) is 7.26. The molecule has 3 nitrogen and oxygen atoms in total. The number of nitrogens with zero attached hydrogens (tertiary/aromatic N) is 1. The van der Waals surface area contributed by atoms with Crippen molar-refractivity contribution in [1.82, 2.24) is 10.3 Å². The van der Waals surface area contributed by atoms with E-state index in [2.05, 4.69) is 32.3 Å². The Morgan fingerprint density at radius 3 is 3.08 bits per heavy atom. The standard InChI is InChI=1S/C9H12BrN3/c10-8-3-7(5-13-9(8)11)6-1-2-12-4-6/h3,5-6,12H,1-2,4H2,(H2,11,13)/t6-/m1/s1. The lowest BCUT2D eigenvalue weighted by molar-refractivity contribution is 0.758. The molecule has 13 heavy (non-hydrogen) atoms. The number of nitrogens with one attached hydrogen (secondary N) is 1. The molecule has 1 fully saturated rings. The average Bonchev–Trinajstić information content (AvgIpc) is 2.62. The van der Waals surface area contributed by atoms with E-state index < -0.39 is 0 Å². The number of halogens is 1. The molecule has 1 aromatic heterocycles. The number of rotatable bonds is 1. The zero-order chi connectivity index (χ0) is 9.26. The molecule has 0 saturated carbocycles. The second-order valence-corrected chi connectivity index (χ2v) is 4.18. The normalized spacial score (nSPS) is 22.1. The van der Waals surface area contributed by atoms with Crippen LogP contribution in [0.3, 0.4) is 0 Å². The van der Waals surface area contributed by atoms with Crippen LogP contribution in [0.5, 0.6) is 0 Å². The van der Waals surface area contributed by atoms with Crippen LogP contribution in [0.4, 0.5) is 5.82 Å². The van der Waals surface area contributed by atoms with Crippen LogP contribution in [0.1, 0.15) is 17.9 Å². The first-order valence-electron chi connectivity index (χ1n) is 4.39. The molecular formula is C9H12BrN3. The molecule has 0 aromatic carbocycles. The summed E-state index contributed by atoms with van der Waals surface area (Å²) in [5, 5.41) is 3.33. The van der Waals surface area contributed by atoms with E-state index in [4.69, 9.17) is 5.73 Å². The predicted octanol–water partition coefficient (Wildman–Crippen LogP) is 1.50. The van der Waals surface area contributed by atoms with Crippen LogP contribution in [0.25, 0.3) is 0 Å². The Labute approximate surface area is 85.9 Å². The van der Waals surface area contributed by atoms with Gasteiger partial charge in [-0.25, -0.2) is 4.98 Å². The SMILES string of the molecule is Nc1ncc([C@@H]2CCNC2)cc1Br. The van der Waals surface area contributed by atoms with Crippen LogP contribution in [-0.2, 0) is 0 Å². The Hall–Kier alpha value is -0.610. The number of nitrogens with two attached hydrogens (primary N) is 1. The van der Waals surface area contributed by atoms with Crippen molar-refractivity contribution < 1.29 is 0 Å². The van der Waals surface area contributed by atoms with Crippen LogP contribution < -0.4 is 11.1 Å². The molecule has 0 bridgehead atoms. The van der Waals surface area contributed by atoms with E-state index in [9.17, 15) is 0 Å². The number of pyridine rings is 1. The van der Waals surface area contributed by atoms with Gasteiger partial charge in [0.05, 0.1) is 4.47 Å². The van der Waals surface area contributed by atoms with Gasteiger partial charge >= 0.3 is 0 Å². The van der Waals surface area contributed by atoms with Crippen LogP contribution in [-0.4, -0.2) is 18.1 Å². The highest BCUT2D eigenvalue weighted by atomic mass is 79.9. The van der Waals surface area contributed by atoms with E-state index in [0.717, 1.165) is 17.6 Å². The summed E-state index contributed by atoms with van der Waals surface area (Å²) >= 11 is 3.39. The molecule has 0 aliphatic carbocycles. The van der Waals surface area contributed by atoms with Gasteiger partial charge in [0.2, 0.25) is 0 Å². The van der Waals surface area contributed by atoms with E-state index in [0.29, 0.717) is 11.7 Å². The quantitative estimate of drug-likeness (QED) is 0.784.